The Labute approximate surface area is 207 Å². The SMILES string of the molecule is Clc1ccc(-n2c(-c3ccccc3)cc(C=Nc3ccc(Br)cc3)c2-c2ccccc2)cc1. The summed E-state index contributed by atoms with van der Waals surface area (Å²) in [7, 11) is 0. The number of hydrogen-bond donors (Lipinski definition) is 0. The van der Waals surface area contributed by atoms with Crippen molar-refractivity contribution in [1.82, 2.24) is 4.57 Å². The number of nitrogens with zero attached hydrogens (tertiary/aromatic N) is 2. The zero-order valence-electron chi connectivity index (χ0n) is 17.7. The molecule has 0 unspecified atom stereocenters. The van der Waals surface area contributed by atoms with Crippen LogP contribution in [0.2, 0.25) is 5.02 Å². The molecule has 0 saturated heterocycles. The van der Waals surface area contributed by atoms with Crippen LogP contribution >= 0.6 is 27.5 Å². The maximum Gasteiger partial charge on any atom is 0.0630 e. The summed E-state index contributed by atoms with van der Waals surface area (Å²) in [6.45, 7) is 0. The Hall–Kier alpha value is -3.40. The molecule has 0 aliphatic carbocycles. The molecule has 1 aromatic heterocycles. The first-order valence-electron chi connectivity index (χ1n) is 10.6. The Morgan fingerprint density at radius 1 is 0.697 bits per heavy atom. The smallest absolute Gasteiger partial charge is 0.0630 e. The summed E-state index contributed by atoms with van der Waals surface area (Å²) in [6.07, 6.45) is 1.95. The fourth-order valence-electron chi connectivity index (χ4n) is 3.87. The maximum atomic E-state index is 6.21. The summed E-state index contributed by atoms with van der Waals surface area (Å²) in [5.74, 6) is 0. The second-order valence-corrected chi connectivity index (χ2v) is 8.96. The maximum absolute atomic E-state index is 6.21. The predicted molar refractivity (Wildman–Crippen MR) is 143 cm³/mol. The van der Waals surface area contributed by atoms with Crippen molar-refractivity contribution in [2.45, 2.75) is 0 Å². The van der Waals surface area contributed by atoms with Gasteiger partial charge in [0.1, 0.15) is 0 Å². The predicted octanol–water partition coefficient (Wildman–Crippen LogP) is 8.98. The van der Waals surface area contributed by atoms with E-state index in [0.29, 0.717) is 5.02 Å². The van der Waals surface area contributed by atoms with Crippen LogP contribution in [0.15, 0.2) is 125 Å². The molecule has 160 valence electrons. The number of rotatable bonds is 5. The van der Waals surface area contributed by atoms with E-state index in [1.54, 1.807) is 0 Å². The summed E-state index contributed by atoms with van der Waals surface area (Å²) in [6, 6.07) is 39.0. The van der Waals surface area contributed by atoms with Gasteiger partial charge < -0.3 is 4.57 Å². The van der Waals surface area contributed by atoms with Crippen molar-refractivity contribution in [3.63, 3.8) is 0 Å². The molecule has 0 aliphatic rings. The van der Waals surface area contributed by atoms with E-state index in [2.05, 4.69) is 87.2 Å². The van der Waals surface area contributed by atoms with E-state index in [4.69, 9.17) is 16.6 Å². The second kappa shape index (κ2) is 9.62. The molecule has 1 heterocycles. The summed E-state index contributed by atoms with van der Waals surface area (Å²) in [4.78, 5) is 4.78. The van der Waals surface area contributed by atoms with Gasteiger partial charge >= 0.3 is 0 Å². The van der Waals surface area contributed by atoms with Crippen LogP contribution in [0.25, 0.3) is 28.2 Å². The summed E-state index contributed by atoms with van der Waals surface area (Å²) in [5, 5.41) is 0.713. The molecule has 0 N–H and O–H groups in total. The fraction of sp³-hybridized carbons (Fsp3) is 0. The largest absolute Gasteiger partial charge is 0.309 e. The number of halogens is 2. The lowest BCUT2D eigenvalue weighted by Crippen LogP contribution is -2.00. The van der Waals surface area contributed by atoms with Crippen molar-refractivity contribution in [2.24, 2.45) is 4.99 Å². The first-order valence-corrected chi connectivity index (χ1v) is 11.8. The second-order valence-electron chi connectivity index (χ2n) is 7.61. The van der Waals surface area contributed by atoms with E-state index in [9.17, 15) is 0 Å². The van der Waals surface area contributed by atoms with E-state index < -0.39 is 0 Å². The molecule has 4 aromatic carbocycles. The van der Waals surface area contributed by atoms with Gasteiger partial charge in [-0.25, -0.2) is 0 Å². The van der Waals surface area contributed by atoms with Crippen LogP contribution in [0, 0.1) is 0 Å². The molecule has 5 aromatic rings. The van der Waals surface area contributed by atoms with Crippen LogP contribution < -0.4 is 0 Å². The molecule has 0 bridgehead atoms. The summed E-state index contributed by atoms with van der Waals surface area (Å²) >= 11 is 9.70. The fourth-order valence-corrected chi connectivity index (χ4v) is 4.26. The van der Waals surface area contributed by atoms with Crippen LogP contribution in [-0.2, 0) is 0 Å². The van der Waals surface area contributed by atoms with Gasteiger partial charge in [0.2, 0.25) is 0 Å². The minimum absolute atomic E-state index is 0.713. The normalized spacial score (nSPS) is 11.2. The van der Waals surface area contributed by atoms with Gasteiger partial charge in [-0.15, -0.1) is 0 Å². The standard InChI is InChI=1S/C29H20BrClN2/c30-24-11-15-26(16-12-24)32-20-23-19-28(21-7-3-1-4-8-21)33(27-17-13-25(31)14-18-27)29(23)22-9-5-2-6-10-22/h1-20H. The van der Waals surface area contributed by atoms with E-state index in [1.165, 1.54) is 0 Å². The number of aliphatic imine (C=N–C) groups is 1. The monoisotopic (exact) mass is 510 g/mol. The van der Waals surface area contributed by atoms with Gasteiger partial charge in [0.25, 0.3) is 0 Å². The molecule has 0 radical (unpaired) electrons. The minimum atomic E-state index is 0.713. The number of benzene rings is 4. The molecule has 0 amide bonds. The van der Waals surface area contributed by atoms with Gasteiger partial charge in [-0.1, -0.05) is 88.2 Å². The highest BCUT2D eigenvalue weighted by atomic mass is 79.9. The number of aromatic nitrogens is 1. The third-order valence-electron chi connectivity index (χ3n) is 5.41. The molecule has 0 spiro atoms. The Morgan fingerprint density at radius 3 is 1.94 bits per heavy atom. The summed E-state index contributed by atoms with van der Waals surface area (Å²) in [5.41, 5.74) is 7.41. The van der Waals surface area contributed by atoms with Gasteiger partial charge in [0.15, 0.2) is 0 Å². The quantitative estimate of drug-likeness (QED) is 0.209. The molecule has 0 atom stereocenters. The lowest BCUT2D eigenvalue weighted by molar-refractivity contribution is 1.09. The average molecular weight is 512 g/mol. The molecule has 33 heavy (non-hydrogen) atoms. The third kappa shape index (κ3) is 4.70. The highest BCUT2D eigenvalue weighted by Crippen LogP contribution is 2.36. The first kappa shape index (κ1) is 21.4. The zero-order valence-corrected chi connectivity index (χ0v) is 20.0. The first-order chi connectivity index (χ1) is 16.2. The van der Waals surface area contributed by atoms with E-state index in [-0.39, 0.29) is 0 Å². The van der Waals surface area contributed by atoms with Crippen LogP contribution in [0.3, 0.4) is 0 Å². The van der Waals surface area contributed by atoms with Crippen molar-refractivity contribution >= 4 is 39.4 Å². The van der Waals surface area contributed by atoms with E-state index in [1.807, 2.05) is 54.7 Å². The van der Waals surface area contributed by atoms with Gasteiger partial charge in [0.05, 0.1) is 17.1 Å². The van der Waals surface area contributed by atoms with E-state index >= 15 is 0 Å². The Kier molecular flexibility index (Phi) is 6.25. The Balaban J connectivity index is 1.76. The molecule has 2 nitrogen and oxygen atoms in total. The zero-order chi connectivity index (χ0) is 22.6. The highest BCUT2D eigenvalue weighted by molar-refractivity contribution is 9.10. The highest BCUT2D eigenvalue weighted by Gasteiger charge is 2.18. The van der Waals surface area contributed by atoms with Crippen molar-refractivity contribution in [1.29, 1.82) is 0 Å². The Morgan fingerprint density at radius 2 is 1.30 bits per heavy atom. The molecular weight excluding hydrogens is 492 g/mol. The minimum Gasteiger partial charge on any atom is -0.309 e. The third-order valence-corrected chi connectivity index (χ3v) is 6.19. The van der Waals surface area contributed by atoms with Crippen molar-refractivity contribution in [2.75, 3.05) is 0 Å². The van der Waals surface area contributed by atoms with Crippen LogP contribution in [-0.4, -0.2) is 10.8 Å². The van der Waals surface area contributed by atoms with Crippen molar-refractivity contribution in [3.05, 3.63) is 130 Å². The van der Waals surface area contributed by atoms with Crippen LogP contribution in [0.5, 0.6) is 0 Å². The van der Waals surface area contributed by atoms with Gasteiger partial charge in [-0.3, -0.25) is 4.99 Å². The van der Waals surface area contributed by atoms with Crippen LogP contribution in [0.1, 0.15) is 5.56 Å². The lowest BCUT2D eigenvalue weighted by Gasteiger charge is -2.15. The van der Waals surface area contributed by atoms with Gasteiger partial charge in [-0.2, -0.15) is 0 Å². The molecule has 5 rings (SSSR count). The molecule has 0 saturated carbocycles. The molecule has 0 fully saturated rings. The van der Waals surface area contributed by atoms with Crippen molar-refractivity contribution < 1.29 is 0 Å². The van der Waals surface area contributed by atoms with Gasteiger partial charge in [-0.05, 0) is 65.7 Å². The lowest BCUT2D eigenvalue weighted by atomic mass is 10.1. The van der Waals surface area contributed by atoms with Crippen LogP contribution in [0.4, 0.5) is 5.69 Å². The average Bonchev–Trinajstić information content (AvgIpc) is 3.25. The topological polar surface area (TPSA) is 17.3 Å². The molecule has 4 heteroatoms. The van der Waals surface area contributed by atoms with Crippen molar-refractivity contribution in [3.8, 4) is 28.2 Å². The molecular formula is C29H20BrClN2. The molecule has 0 aliphatic heterocycles. The summed E-state index contributed by atoms with van der Waals surface area (Å²) < 4.78 is 3.32. The Bertz CT molecular complexity index is 1390. The van der Waals surface area contributed by atoms with Gasteiger partial charge in [0, 0.05) is 27.0 Å². The number of hydrogen-bond acceptors (Lipinski definition) is 1. The van der Waals surface area contributed by atoms with E-state index in [0.717, 1.165) is 43.9 Å².